The zero-order chi connectivity index (χ0) is 6.57. The summed E-state index contributed by atoms with van der Waals surface area (Å²) >= 11 is 0. The van der Waals surface area contributed by atoms with Crippen LogP contribution in [-0.4, -0.2) is 11.4 Å². The number of nitrogens with one attached hydrogen (secondary N) is 1. The quantitative estimate of drug-likeness (QED) is 0.524. The van der Waals surface area contributed by atoms with Crippen molar-refractivity contribution in [1.29, 1.82) is 5.41 Å². The van der Waals surface area contributed by atoms with Gasteiger partial charge in [0, 0.05) is 11.9 Å². The predicted molar refractivity (Wildman–Crippen MR) is 36.7 cm³/mol. The number of rotatable bonds is 2. The molecule has 0 unspecified atom stereocenters. The van der Waals surface area contributed by atoms with Gasteiger partial charge in [-0.2, -0.15) is 0 Å². The first kappa shape index (κ1) is 7.08. The van der Waals surface area contributed by atoms with Gasteiger partial charge in [0.2, 0.25) is 0 Å². The normalized spacial score (nSPS) is 11.0. The molecule has 0 aromatic rings. The van der Waals surface area contributed by atoms with Gasteiger partial charge in [-0.05, 0) is 13.8 Å². The molecule has 2 heteroatoms. The second-order valence-corrected chi connectivity index (χ2v) is 1.52. The lowest BCUT2D eigenvalue weighted by molar-refractivity contribution is 1.48. The van der Waals surface area contributed by atoms with Crippen LogP contribution >= 0.6 is 0 Å². The van der Waals surface area contributed by atoms with Crippen LogP contribution in [-0.2, 0) is 0 Å². The molecule has 0 aromatic carbocycles. The maximum absolute atomic E-state index is 7.03. The highest BCUT2D eigenvalue weighted by molar-refractivity contribution is 6.39. The maximum Gasteiger partial charge on any atom is 0.0576 e. The first-order valence-corrected chi connectivity index (χ1v) is 2.39. The van der Waals surface area contributed by atoms with E-state index in [1.807, 2.05) is 0 Å². The number of hydrogen-bond acceptors (Lipinski definition) is 2. The number of aliphatic imine (C=N–C) groups is 1. The second-order valence-electron chi connectivity index (χ2n) is 1.52. The zero-order valence-electron chi connectivity index (χ0n) is 5.23. The van der Waals surface area contributed by atoms with Crippen molar-refractivity contribution >= 4 is 11.4 Å². The van der Waals surface area contributed by atoms with Crippen LogP contribution in [0, 0.1) is 5.41 Å². The van der Waals surface area contributed by atoms with E-state index < -0.39 is 0 Å². The molecule has 0 atom stereocenters. The van der Waals surface area contributed by atoms with Crippen LogP contribution in [0.25, 0.3) is 0 Å². The van der Waals surface area contributed by atoms with Crippen molar-refractivity contribution in [2.24, 2.45) is 4.99 Å². The van der Waals surface area contributed by atoms with Crippen LogP contribution in [0.3, 0.4) is 0 Å². The third-order valence-electron chi connectivity index (χ3n) is 0.828. The fourth-order valence-corrected chi connectivity index (χ4v) is 0.234. The SMILES string of the molecule is C=CN=C(C)C(C)=N. The Labute approximate surface area is 49.5 Å². The second kappa shape index (κ2) is 3.13. The average Bonchev–Trinajstić information content (AvgIpc) is 1.67. The molecule has 1 N–H and O–H groups in total. The van der Waals surface area contributed by atoms with Gasteiger partial charge in [-0.25, -0.2) is 0 Å². The molecule has 2 nitrogen and oxygen atoms in total. The molecule has 0 spiro atoms. The molecular formula is C6H10N2. The minimum Gasteiger partial charge on any atom is -0.304 e. The molecule has 44 valence electrons. The van der Waals surface area contributed by atoms with Crippen molar-refractivity contribution in [2.75, 3.05) is 0 Å². The van der Waals surface area contributed by atoms with E-state index in [0.29, 0.717) is 5.71 Å². The first-order valence-electron chi connectivity index (χ1n) is 2.39. The molecule has 0 bridgehead atoms. The number of hydrogen-bond donors (Lipinski definition) is 1. The molecule has 0 aromatic heterocycles. The summed E-state index contributed by atoms with van der Waals surface area (Å²) in [6.07, 6.45) is 1.44. The topological polar surface area (TPSA) is 36.2 Å². The summed E-state index contributed by atoms with van der Waals surface area (Å²) in [7, 11) is 0. The summed E-state index contributed by atoms with van der Waals surface area (Å²) in [5.74, 6) is 0. The van der Waals surface area contributed by atoms with Crippen molar-refractivity contribution in [3.05, 3.63) is 12.8 Å². The van der Waals surface area contributed by atoms with E-state index in [2.05, 4.69) is 11.6 Å². The van der Waals surface area contributed by atoms with Crippen molar-refractivity contribution in [2.45, 2.75) is 13.8 Å². The Morgan fingerprint density at radius 2 is 2.12 bits per heavy atom. The van der Waals surface area contributed by atoms with Gasteiger partial charge in [0.15, 0.2) is 0 Å². The fraction of sp³-hybridized carbons (Fsp3) is 0.333. The van der Waals surface area contributed by atoms with Gasteiger partial charge in [0.05, 0.1) is 5.71 Å². The van der Waals surface area contributed by atoms with E-state index in [-0.39, 0.29) is 0 Å². The molecule has 0 heterocycles. The summed E-state index contributed by atoms with van der Waals surface area (Å²) in [6.45, 7) is 6.88. The highest BCUT2D eigenvalue weighted by Gasteiger charge is 1.87. The van der Waals surface area contributed by atoms with E-state index in [4.69, 9.17) is 5.41 Å². The van der Waals surface area contributed by atoms with Crippen LogP contribution in [0.15, 0.2) is 17.8 Å². The molecule has 0 fully saturated rings. The van der Waals surface area contributed by atoms with Gasteiger partial charge in [-0.3, -0.25) is 4.99 Å². The Morgan fingerprint density at radius 1 is 1.62 bits per heavy atom. The summed E-state index contributed by atoms with van der Waals surface area (Å²) in [6, 6.07) is 0. The van der Waals surface area contributed by atoms with E-state index in [0.717, 1.165) is 5.71 Å². The zero-order valence-corrected chi connectivity index (χ0v) is 5.23. The van der Waals surface area contributed by atoms with Gasteiger partial charge in [0.25, 0.3) is 0 Å². The van der Waals surface area contributed by atoms with Gasteiger partial charge in [-0.1, -0.05) is 6.58 Å². The molecule has 0 amide bonds. The van der Waals surface area contributed by atoms with Crippen molar-refractivity contribution in [3.63, 3.8) is 0 Å². The first-order chi connectivity index (χ1) is 3.68. The Bertz CT molecular complexity index is 133. The molecular weight excluding hydrogens is 100 g/mol. The smallest absolute Gasteiger partial charge is 0.0576 e. The lowest BCUT2D eigenvalue weighted by Crippen LogP contribution is -2.01. The minimum atomic E-state index is 0.491. The minimum absolute atomic E-state index is 0.491. The van der Waals surface area contributed by atoms with Crippen LogP contribution in [0.1, 0.15) is 13.8 Å². The van der Waals surface area contributed by atoms with E-state index >= 15 is 0 Å². The van der Waals surface area contributed by atoms with Crippen molar-refractivity contribution in [3.8, 4) is 0 Å². The summed E-state index contributed by atoms with van der Waals surface area (Å²) in [5.41, 5.74) is 1.21. The maximum atomic E-state index is 7.03. The largest absolute Gasteiger partial charge is 0.304 e. The molecule has 0 saturated carbocycles. The molecule has 0 radical (unpaired) electrons. The Kier molecular flexibility index (Phi) is 2.77. The molecule has 0 aliphatic heterocycles. The van der Waals surface area contributed by atoms with Crippen LogP contribution < -0.4 is 0 Å². The molecule has 0 rings (SSSR count). The van der Waals surface area contributed by atoms with Crippen LogP contribution in [0.2, 0.25) is 0 Å². The number of nitrogens with zero attached hydrogens (tertiary/aromatic N) is 1. The van der Waals surface area contributed by atoms with Crippen molar-refractivity contribution in [1.82, 2.24) is 0 Å². The monoisotopic (exact) mass is 110 g/mol. The Morgan fingerprint density at radius 3 is 2.25 bits per heavy atom. The lowest BCUT2D eigenvalue weighted by atomic mass is 10.3. The third-order valence-corrected chi connectivity index (χ3v) is 0.828. The fourth-order valence-electron chi connectivity index (χ4n) is 0.234. The molecule has 0 aliphatic carbocycles. The van der Waals surface area contributed by atoms with E-state index in [1.165, 1.54) is 6.20 Å². The van der Waals surface area contributed by atoms with Gasteiger partial charge >= 0.3 is 0 Å². The van der Waals surface area contributed by atoms with Crippen LogP contribution in [0.5, 0.6) is 0 Å². The molecule has 0 saturated heterocycles. The summed E-state index contributed by atoms with van der Waals surface area (Å²) in [5, 5.41) is 7.03. The Hall–Kier alpha value is -0.920. The van der Waals surface area contributed by atoms with Crippen molar-refractivity contribution < 1.29 is 0 Å². The van der Waals surface area contributed by atoms with Gasteiger partial charge in [0.1, 0.15) is 0 Å². The third kappa shape index (κ3) is 2.29. The highest BCUT2D eigenvalue weighted by atomic mass is 14.7. The van der Waals surface area contributed by atoms with E-state index in [9.17, 15) is 0 Å². The van der Waals surface area contributed by atoms with E-state index in [1.54, 1.807) is 13.8 Å². The average molecular weight is 110 g/mol. The standard InChI is InChI=1S/C6H10N2/c1-4-8-6(3)5(2)7/h4,7H,1H2,2-3H3. The predicted octanol–water partition coefficient (Wildman–Crippen LogP) is 1.63. The lowest BCUT2D eigenvalue weighted by Gasteiger charge is -1.89. The molecule has 8 heavy (non-hydrogen) atoms. The van der Waals surface area contributed by atoms with Crippen LogP contribution in [0.4, 0.5) is 0 Å². The Balaban J connectivity index is 3.99. The highest BCUT2D eigenvalue weighted by Crippen LogP contribution is 1.79. The van der Waals surface area contributed by atoms with Gasteiger partial charge in [-0.15, -0.1) is 0 Å². The summed E-state index contributed by atoms with van der Waals surface area (Å²) in [4.78, 5) is 3.78. The summed E-state index contributed by atoms with van der Waals surface area (Å²) < 4.78 is 0. The van der Waals surface area contributed by atoms with Gasteiger partial charge < -0.3 is 5.41 Å². The molecule has 0 aliphatic rings.